The van der Waals surface area contributed by atoms with Crippen LogP contribution in [0.1, 0.15) is 5.56 Å². The first-order valence-electron chi connectivity index (χ1n) is 9.18. The highest BCUT2D eigenvalue weighted by atomic mass is 16.5. The number of ether oxygens (including phenoxy) is 1. The second kappa shape index (κ2) is 7.81. The maximum absolute atomic E-state index is 5.40. The molecule has 4 rings (SSSR count). The van der Waals surface area contributed by atoms with Crippen LogP contribution in [0.3, 0.4) is 0 Å². The number of morpholine rings is 1. The summed E-state index contributed by atoms with van der Waals surface area (Å²) in [5, 5.41) is 14.7. The number of aromatic nitrogens is 2. The summed E-state index contributed by atoms with van der Waals surface area (Å²) < 4.78 is 5.40. The van der Waals surface area contributed by atoms with Gasteiger partial charge < -0.3 is 10.1 Å². The summed E-state index contributed by atoms with van der Waals surface area (Å²) in [6, 6.07) is 16.8. The summed E-state index contributed by atoms with van der Waals surface area (Å²) in [7, 11) is 0. The van der Waals surface area contributed by atoms with Gasteiger partial charge in [-0.2, -0.15) is 0 Å². The Hall–Kier alpha value is -2.50. The Morgan fingerprint density at radius 2 is 1.69 bits per heavy atom. The minimum atomic E-state index is 0.827. The van der Waals surface area contributed by atoms with Crippen LogP contribution >= 0.6 is 0 Å². The van der Waals surface area contributed by atoms with Gasteiger partial charge in [0.1, 0.15) is 5.69 Å². The van der Waals surface area contributed by atoms with E-state index >= 15 is 0 Å². The highest BCUT2D eigenvalue weighted by molar-refractivity contribution is 5.99. The van der Waals surface area contributed by atoms with E-state index in [-0.39, 0.29) is 0 Å². The van der Waals surface area contributed by atoms with Crippen LogP contribution in [-0.2, 0) is 4.74 Å². The van der Waals surface area contributed by atoms with Crippen LogP contribution in [0.5, 0.6) is 0 Å². The lowest BCUT2D eigenvalue weighted by Gasteiger charge is -2.26. The number of hydrogen-bond acceptors (Lipinski definition) is 5. The van der Waals surface area contributed by atoms with Crippen LogP contribution in [-0.4, -0.2) is 54.5 Å². The number of benzene rings is 2. The maximum Gasteiger partial charge on any atom is 0.156 e. The molecule has 1 aliphatic heterocycles. The molecular weight excluding hydrogens is 324 g/mol. The monoisotopic (exact) mass is 348 g/mol. The van der Waals surface area contributed by atoms with Gasteiger partial charge in [-0.3, -0.25) is 4.90 Å². The van der Waals surface area contributed by atoms with Crippen molar-refractivity contribution < 1.29 is 4.74 Å². The number of rotatable bonds is 5. The molecule has 1 fully saturated rings. The Balaban J connectivity index is 1.56. The van der Waals surface area contributed by atoms with Crippen molar-refractivity contribution in [3.8, 4) is 11.3 Å². The zero-order valence-electron chi connectivity index (χ0n) is 15.1. The summed E-state index contributed by atoms with van der Waals surface area (Å²) in [5.74, 6) is 0.852. The predicted molar refractivity (Wildman–Crippen MR) is 105 cm³/mol. The van der Waals surface area contributed by atoms with Gasteiger partial charge in [-0.25, -0.2) is 0 Å². The van der Waals surface area contributed by atoms with Gasteiger partial charge in [0.15, 0.2) is 5.82 Å². The molecule has 1 aromatic heterocycles. The molecule has 2 aromatic carbocycles. The van der Waals surface area contributed by atoms with Crippen molar-refractivity contribution in [3.05, 3.63) is 54.1 Å². The Labute approximate surface area is 154 Å². The van der Waals surface area contributed by atoms with E-state index < -0.39 is 0 Å². The van der Waals surface area contributed by atoms with Crippen LogP contribution in [0.15, 0.2) is 48.5 Å². The second-order valence-corrected chi connectivity index (χ2v) is 6.69. The molecule has 0 amide bonds. The lowest BCUT2D eigenvalue weighted by atomic mass is 10.0. The largest absolute Gasteiger partial charge is 0.379 e. The van der Waals surface area contributed by atoms with Crippen molar-refractivity contribution in [2.45, 2.75) is 6.92 Å². The average molecular weight is 348 g/mol. The third-order valence-corrected chi connectivity index (χ3v) is 4.84. The van der Waals surface area contributed by atoms with Crippen molar-refractivity contribution in [2.24, 2.45) is 0 Å². The van der Waals surface area contributed by atoms with Crippen molar-refractivity contribution in [1.82, 2.24) is 15.1 Å². The van der Waals surface area contributed by atoms with Gasteiger partial charge in [0.25, 0.3) is 0 Å². The van der Waals surface area contributed by atoms with E-state index in [2.05, 4.69) is 75.9 Å². The fourth-order valence-corrected chi connectivity index (χ4v) is 3.32. The van der Waals surface area contributed by atoms with Crippen molar-refractivity contribution in [1.29, 1.82) is 0 Å². The quantitative estimate of drug-likeness (QED) is 0.766. The lowest BCUT2D eigenvalue weighted by molar-refractivity contribution is 0.0398. The molecule has 5 nitrogen and oxygen atoms in total. The van der Waals surface area contributed by atoms with Gasteiger partial charge in [-0.05, 0) is 6.92 Å². The molecule has 1 aliphatic rings. The molecule has 0 aliphatic carbocycles. The van der Waals surface area contributed by atoms with E-state index in [1.165, 1.54) is 5.56 Å². The molecule has 1 saturated heterocycles. The molecule has 0 atom stereocenters. The standard InChI is InChI=1S/C21H24N4O/c1-16-6-8-17(9-7-16)20-18-4-2-3-5-19(18)21(24-23-20)22-10-11-25-12-14-26-15-13-25/h2-9H,10-15H2,1H3,(H,22,24). The van der Waals surface area contributed by atoms with Crippen LogP contribution in [0.4, 0.5) is 5.82 Å². The minimum absolute atomic E-state index is 0.827. The van der Waals surface area contributed by atoms with Crippen LogP contribution in [0.2, 0.25) is 0 Å². The second-order valence-electron chi connectivity index (χ2n) is 6.69. The topological polar surface area (TPSA) is 50.3 Å². The summed E-state index contributed by atoms with van der Waals surface area (Å²) in [6.07, 6.45) is 0. The highest BCUT2D eigenvalue weighted by Gasteiger charge is 2.12. The van der Waals surface area contributed by atoms with Crippen LogP contribution in [0.25, 0.3) is 22.0 Å². The van der Waals surface area contributed by atoms with Crippen LogP contribution < -0.4 is 5.32 Å². The van der Waals surface area contributed by atoms with E-state index in [1.54, 1.807) is 0 Å². The number of nitrogens with one attached hydrogen (secondary N) is 1. The van der Waals surface area contributed by atoms with E-state index in [9.17, 15) is 0 Å². The molecule has 0 bridgehead atoms. The molecular formula is C21H24N4O. The fourth-order valence-electron chi connectivity index (χ4n) is 3.32. The third kappa shape index (κ3) is 3.69. The van der Waals surface area contributed by atoms with E-state index in [0.717, 1.165) is 67.2 Å². The number of anilines is 1. The third-order valence-electron chi connectivity index (χ3n) is 4.84. The molecule has 3 aromatic rings. The van der Waals surface area contributed by atoms with Gasteiger partial charge in [0.2, 0.25) is 0 Å². The average Bonchev–Trinajstić information content (AvgIpc) is 2.70. The molecule has 0 saturated carbocycles. The molecule has 0 spiro atoms. The summed E-state index contributed by atoms with van der Waals surface area (Å²) in [5.41, 5.74) is 3.27. The van der Waals surface area contributed by atoms with E-state index in [0.29, 0.717) is 0 Å². The summed E-state index contributed by atoms with van der Waals surface area (Å²) >= 11 is 0. The molecule has 0 unspecified atom stereocenters. The highest BCUT2D eigenvalue weighted by Crippen LogP contribution is 2.29. The van der Waals surface area contributed by atoms with E-state index in [1.807, 2.05) is 0 Å². The molecule has 5 heteroatoms. The Bertz CT molecular complexity index is 873. The Morgan fingerprint density at radius 3 is 2.46 bits per heavy atom. The van der Waals surface area contributed by atoms with Crippen molar-refractivity contribution in [3.63, 3.8) is 0 Å². The Kier molecular flexibility index (Phi) is 5.09. The normalized spacial score (nSPS) is 15.3. The van der Waals surface area contributed by atoms with E-state index in [4.69, 9.17) is 4.74 Å². The smallest absolute Gasteiger partial charge is 0.156 e. The fraction of sp³-hybridized carbons (Fsp3) is 0.333. The number of nitrogens with zero attached hydrogens (tertiary/aromatic N) is 3. The molecule has 134 valence electrons. The zero-order valence-corrected chi connectivity index (χ0v) is 15.1. The van der Waals surface area contributed by atoms with Crippen LogP contribution in [0, 0.1) is 6.92 Å². The van der Waals surface area contributed by atoms with Gasteiger partial charge >= 0.3 is 0 Å². The SMILES string of the molecule is Cc1ccc(-c2nnc(NCCN3CCOCC3)c3ccccc23)cc1. The van der Waals surface area contributed by atoms with Gasteiger partial charge in [-0.1, -0.05) is 54.1 Å². The van der Waals surface area contributed by atoms with Crippen molar-refractivity contribution >= 4 is 16.6 Å². The summed E-state index contributed by atoms with van der Waals surface area (Å²) in [6.45, 7) is 7.58. The first-order valence-corrected chi connectivity index (χ1v) is 9.18. The van der Waals surface area contributed by atoms with Crippen molar-refractivity contribution in [2.75, 3.05) is 44.7 Å². The number of hydrogen-bond donors (Lipinski definition) is 1. The molecule has 2 heterocycles. The summed E-state index contributed by atoms with van der Waals surface area (Å²) in [4.78, 5) is 2.41. The lowest BCUT2D eigenvalue weighted by Crippen LogP contribution is -2.39. The first kappa shape index (κ1) is 16.9. The predicted octanol–water partition coefficient (Wildman–Crippen LogP) is 3.35. The van der Waals surface area contributed by atoms with Gasteiger partial charge in [0, 0.05) is 42.5 Å². The molecule has 0 radical (unpaired) electrons. The maximum atomic E-state index is 5.40. The molecule has 26 heavy (non-hydrogen) atoms. The zero-order chi connectivity index (χ0) is 17.8. The number of aryl methyl sites for hydroxylation is 1. The number of fused-ring (bicyclic) bond motifs is 1. The minimum Gasteiger partial charge on any atom is -0.379 e. The molecule has 1 N–H and O–H groups in total. The first-order chi connectivity index (χ1) is 12.8. The Morgan fingerprint density at radius 1 is 0.962 bits per heavy atom. The van der Waals surface area contributed by atoms with Gasteiger partial charge in [0.05, 0.1) is 13.2 Å². The van der Waals surface area contributed by atoms with Gasteiger partial charge in [-0.15, -0.1) is 10.2 Å².